The summed E-state index contributed by atoms with van der Waals surface area (Å²) < 4.78 is 10.8. The Morgan fingerprint density at radius 1 is 1.25 bits per heavy atom. The topological polar surface area (TPSA) is 118 Å². The fourth-order valence-electron chi connectivity index (χ4n) is 4.87. The van der Waals surface area contributed by atoms with Gasteiger partial charge in [-0.1, -0.05) is 12.1 Å². The molecule has 0 unspecified atom stereocenters. The summed E-state index contributed by atoms with van der Waals surface area (Å²) in [6.45, 7) is 8.62. The number of rotatable bonds is 10. The minimum atomic E-state index is -0.872. The van der Waals surface area contributed by atoms with Gasteiger partial charge in [-0.15, -0.1) is 0 Å². The molecule has 2 aliphatic rings. The van der Waals surface area contributed by atoms with Crippen molar-refractivity contribution in [1.82, 2.24) is 5.32 Å². The molecule has 2 aromatic rings. The van der Waals surface area contributed by atoms with E-state index in [4.69, 9.17) is 21.2 Å². The number of anilines is 1. The van der Waals surface area contributed by atoms with E-state index in [1.54, 1.807) is 37.4 Å². The summed E-state index contributed by atoms with van der Waals surface area (Å²) in [4.78, 5) is 40.3. The highest BCUT2D eigenvalue weighted by Gasteiger charge is 2.61. The first kappa shape index (κ1) is 25.2. The van der Waals surface area contributed by atoms with E-state index in [9.17, 15) is 14.4 Å². The van der Waals surface area contributed by atoms with Gasteiger partial charge < -0.3 is 25.2 Å². The van der Waals surface area contributed by atoms with Crippen molar-refractivity contribution in [2.24, 2.45) is 5.92 Å². The third-order valence-electron chi connectivity index (χ3n) is 6.88. The number of nitrogens with one attached hydrogen (secondary N) is 2. The van der Waals surface area contributed by atoms with E-state index in [-0.39, 0.29) is 24.2 Å². The Bertz CT molecular complexity index is 1220. The van der Waals surface area contributed by atoms with E-state index in [1.807, 2.05) is 6.07 Å². The maximum atomic E-state index is 13.4. The van der Waals surface area contributed by atoms with E-state index < -0.39 is 11.4 Å². The Labute approximate surface area is 209 Å². The number of carboxylic acids is 1. The molecule has 1 spiro atoms. The molecule has 3 N–H and O–H groups in total. The Morgan fingerprint density at radius 3 is 2.83 bits per heavy atom. The largest absolute Gasteiger partial charge is 0.493 e. The van der Waals surface area contributed by atoms with Gasteiger partial charge in [-0.05, 0) is 55.5 Å². The molecular formula is C27H29N3O6. The molecule has 0 radical (unpaired) electrons. The number of hydrogen-bond donors (Lipinski definition) is 3. The van der Waals surface area contributed by atoms with Crippen molar-refractivity contribution in [1.29, 1.82) is 0 Å². The first-order chi connectivity index (χ1) is 17.4. The fraction of sp³-hybridized carbons (Fsp3) is 0.407. The summed E-state index contributed by atoms with van der Waals surface area (Å²) >= 11 is 0. The molecule has 1 fully saturated rings. The second-order valence-electron chi connectivity index (χ2n) is 9.16. The molecular weight excluding hydrogens is 462 g/mol. The highest BCUT2D eigenvalue weighted by Crippen LogP contribution is 2.61. The van der Waals surface area contributed by atoms with Gasteiger partial charge in [0, 0.05) is 48.2 Å². The number of ether oxygens (including phenoxy) is 2. The summed E-state index contributed by atoms with van der Waals surface area (Å²) in [5.41, 5.74) is 2.71. The fourth-order valence-corrected chi connectivity index (χ4v) is 4.87. The van der Waals surface area contributed by atoms with Crippen LogP contribution in [0.25, 0.3) is 4.85 Å². The van der Waals surface area contributed by atoms with Crippen LogP contribution < -0.4 is 15.4 Å². The van der Waals surface area contributed by atoms with Crippen molar-refractivity contribution >= 4 is 29.2 Å². The molecule has 1 aliphatic carbocycles. The predicted molar refractivity (Wildman–Crippen MR) is 132 cm³/mol. The maximum absolute atomic E-state index is 13.4. The molecule has 2 amide bonds. The Balaban J connectivity index is 1.52. The lowest BCUT2D eigenvalue weighted by atomic mass is 9.86. The lowest BCUT2D eigenvalue weighted by Crippen LogP contribution is -2.29. The van der Waals surface area contributed by atoms with Crippen LogP contribution >= 0.6 is 0 Å². The highest BCUT2D eigenvalue weighted by molar-refractivity contribution is 5.98. The van der Waals surface area contributed by atoms with Crippen molar-refractivity contribution in [3.63, 3.8) is 0 Å². The zero-order chi connectivity index (χ0) is 25.7. The minimum Gasteiger partial charge on any atom is -0.493 e. The highest BCUT2D eigenvalue weighted by atomic mass is 16.5. The normalized spacial score (nSPS) is 19.5. The van der Waals surface area contributed by atoms with E-state index in [1.165, 1.54) is 0 Å². The van der Waals surface area contributed by atoms with E-state index in [0.29, 0.717) is 68.1 Å². The molecule has 0 saturated heterocycles. The smallest absolute Gasteiger partial charge is 0.303 e. The van der Waals surface area contributed by atoms with Gasteiger partial charge in [-0.25, -0.2) is 4.85 Å². The SMILES string of the molecule is [C-]#[N+]c1ccc(CCCC(=O)O)c(NC(=O)[C@@H]2C[C@]23CCOc2ccc(C(=O)NCCOC)cc23)c1. The predicted octanol–water partition coefficient (Wildman–Crippen LogP) is 3.70. The third kappa shape index (κ3) is 5.34. The lowest BCUT2D eigenvalue weighted by Gasteiger charge is -2.27. The van der Waals surface area contributed by atoms with Gasteiger partial charge in [-0.3, -0.25) is 14.4 Å². The number of methoxy groups -OCH3 is 1. The second kappa shape index (κ2) is 10.8. The minimum absolute atomic E-state index is 0.0296. The number of nitrogens with zero attached hydrogens (tertiary/aromatic N) is 1. The summed E-state index contributed by atoms with van der Waals surface area (Å²) in [5, 5.41) is 14.8. The second-order valence-corrected chi connectivity index (χ2v) is 9.16. The van der Waals surface area contributed by atoms with Crippen molar-refractivity contribution < 1.29 is 29.0 Å². The van der Waals surface area contributed by atoms with Crippen LogP contribution in [-0.4, -0.2) is 49.8 Å². The Morgan fingerprint density at radius 2 is 2.08 bits per heavy atom. The zero-order valence-corrected chi connectivity index (χ0v) is 20.1. The number of carbonyl (C=O) groups is 3. The van der Waals surface area contributed by atoms with E-state index >= 15 is 0 Å². The summed E-state index contributed by atoms with van der Waals surface area (Å²) in [6.07, 6.45) is 2.25. The van der Waals surface area contributed by atoms with Gasteiger partial charge in [0.15, 0.2) is 5.69 Å². The molecule has 1 saturated carbocycles. The van der Waals surface area contributed by atoms with Crippen LogP contribution in [0.3, 0.4) is 0 Å². The molecule has 0 bridgehead atoms. The van der Waals surface area contributed by atoms with Crippen LogP contribution in [0.4, 0.5) is 11.4 Å². The average Bonchev–Trinajstić information content (AvgIpc) is 3.59. The van der Waals surface area contributed by atoms with E-state index in [2.05, 4.69) is 15.5 Å². The van der Waals surface area contributed by atoms with Crippen LogP contribution in [0.5, 0.6) is 5.75 Å². The van der Waals surface area contributed by atoms with Crippen LogP contribution in [0.1, 0.15) is 47.2 Å². The molecule has 2 atom stereocenters. The Hall–Kier alpha value is -3.90. The van der Waals surface area contributed by atoms with Crippen molar-refractivity contribution in [3.05, 3.63) is 64.5 Å². The van der Waals surface area contributed by atoms with Crippen LogP contribution in [-0.2, 0) is 26.2 Å². The number of hydrogen-bond acceptors (Lipinski definition) is 5. The van der Waals surface area contributed by atoms with Crippen LogP contribution in [0.2, 0.25) is 0 Å². The molecule has 188 valence electrons. The monoisotopic (exact) mass is 491 g/mol. The molecule has 0 aromatic heterocycles. The number of carbonyl (C=O) groups excluding carboxylic acids is 2. The summed E-state index contributed by atoms with van der Waals surface area (Å²) in [5.74, 6) is -0.841. The summed E-state index contributed by atoms with van der Waals surface area (Å²) in [7, 11) is 1.57. The number of fused-ring (bicyclic) bond motifs is 2. The molecule has 1 heterocycles. The van der Waals surface area contributed by atoms with Crippen LogP contribution in [0.15, 0.2) is 36.4 Å². The van der Waals surface area contributed by atoms with Gasteiger partial charge in [0.1, 0.15) is 5.75 Å². The first-order valence-electron chi connectivity index (χ1n) is 12.0. The number of aryl methyl sites for hydroxylation is 1. The van der Waals surface area contributed by atoms with Crippen LogP contribution in [0, 0.1) is 12.5 Å². The standard InChI is InChI=1S/C27H29N3O6/c1-28-19-8-6-17(4-3-5-24(31)32)22(15-19)30-26(34)21-16-27(21)10-12-36-23-9-7-18(14-20(23)27)25(33)29-11-13-35-2/h6-9,14-15,21H,3-5,10-13,16H2,2H3,(H,29,33)(H,30,34)(H,31,32)/t21-,27-/m0/s1. The van der Waals surface area contributed by atoms with Gasteiger partial charge in [0.2, 0.25) is 5.91 Å². The zero-order valence-electron chi connectivity index (χ0n) is 20.1. The molecule has 9 heteroatoms. The van der Waals surface area contributed by atoms with Gasteiger partial charge in [-0.2, -0.15) is 0 Å². The number of aliphatic carboxylic acids is 1. The molecule has 9 nitrogen and oxygen atoms in total. The summed E-state index contributed by atoms with van der Waals surface area (Å²) in [6, 6.07) is 10.4. The van der Waals surface area contributed by atoms with E-state index in [0.717, 1.165) is 11.1 Å². The first-order valence-corrected chi connectivity index (χ1v) is 12.0. The third-order valence-corrected chi connectivity index (χ3v) is 6.88. The van der Waals surface area contributed by atoms with Crippen molar-refractivity contribution in [2.75, 3.05) is 32.2 Å². The Kier molecular flexibility index (Phi) is 7.55. The number of carboxylic acid groups (broad SMARTS) is 1. The molecule has 2 aromatic carbocycles. The van der Waals surface area contributed by atoms with Gasteiger partial charge in [0.25, 0.3) is 5.91 Å². The number of amides is 2. The lowest BCUT2D eigenvalue weighted by molar-refractivity contribution is -0.137. The van der Waals surface area contributed by atoms with Gasteiger partial charge >= 0.3 is 5.97 Å². The number of benzene rings is 2. The average molecular weight is 492 g/mol. The van der Waals surface area contributed by atoms with Crippen molar-refractivity contribution in [2.45, 2.75) is 37.5 Å². The quantitative estimate of drug-likeness (QED) is 0.345. The van der Waals surface area contributed by atoms with Gasteiger partial charge in [0.05, 0.1) is 19.8 Å². The molecule has 36 heavy (non-hydrogen) atoms. The maximum Gasteiger partial charge on any atom is 0.303 e. The molecule has 4 rings (SSSR count). The molecule has 1 aliphatic heterocycles. The van der Waals surface area contributed by atoms with Crippen molar-refractivity contribution in [3.8, 4) is 5.75 Å².